The van der Waals surface area contributed by atoms with Gasteiger partial charge in [-0.15, -0.1) is 0 Å². The summed E-state index contributed by atoms with van der Waals surface area (Å²) in [6.07, 6.45) is 0. The fourth-order valence-electron chi connectivity index (χ4n) is 3.22. The molecule has 4 amide bonds. The molecular formula is C20H20ClN3O3. The van der Waals surface area contributed by atoms with Gasteiger partial charge in [0.25, 0.3) is 5.91 Å². The van der Waals surface area contributed by atoms with Crippen LogP contribution in [-0.2, 0) is 15.1 Å². The number of carbonyl (C=O) groups excluding carboxylic acids is 3. The largest absolute Gasteiger partial charge is 0.325 e. The van der Waals surface area contributed by atoms with Gasteiger partial charge < -0.3 is 10.2 Å². The number of anilines is 1. The number of amides is 4. The highest BCUT2D eigenvalue weighted by Gasteiger charge is 2.50. The molecule has 1 atom stereocenters. The molecule has 6 nitrogen and oxygen atoms in total. The molecule has 0 bridgehead atoms. The third-order valence-electron chi connectivity index (χ3n) is 4.67. The Bertz CT molecular complexity index is 887. The molecule has 0 saturated carbocycles. The van der Waals surface area contributed by atoms with Crippen LogP contribution in [0, 0.1) is 0 Å². The molecule has 140 valence electrons. The second-order valence-electron chi connectivity index (χ2n) is 6.40. The van der Waals surface area contributed by atoms with E-state index in [2.05, 4.69) is 5.32 Å². The van der Waals surface area contributed by atoms with Gasteiger partial charge in [-0.3, -0.25) is 14.5 Å². The van der Waals surface area contributed by atoms with Crippen LogP contribution in [0.15, 0.2) is 54.6 Å². The van der Waals surface area contributed by atoms with Crippen molar-refractivity contribution in [1.82, 2.24) is 10.2 Å². The van der Waals surface area contributed by atoms with Crippen LogP contribution in [0.5, 0.6) is 0 Å². The van der Waals surface area contributed by atoms with E-state index < -0.39 is 17.5 Å². The molecule has 27 heavy (non-hydrogen) atoms. The van der Waals surface area contributed by atoms with Crippen LogP contribution in [0.1, 0.15) is 19.4 Å². The summed E-state index contributed by atoms with van der Waals surface area (Å²) in [5.74, 6) is -0.839. The highest BCUT2D eigenvalue weighted by molar-refractivity contribution is 6.32. The summed E-state index contributed by atoms with van der Waals surface area (Å²) in [5.41, 5.74) is -0.0965. The number of halogens is 1. The number of nitrogens with one attached hydrogen (secondary N) is 1. The minimum absolute atomic E-state index is 0.337. The molecule has 1 fully saturated rings. The molecule has 0 spiro atoms. The van der Waals surface area contributed by atoms with Crippen LogP contribution in [-0.4, -0.2) is 35.8 Å². The molecule has 1 saturated heterocycles. The van der Waals surface area contributed by atoms with E-state index in [0.717, 1.165) is 4.90 Å². The Morgan fingerprint density at radius 3 is 2.37 bits per heavy atom. The number of nitrogens with zero attached hydrogens (tertiary/aromatic N) is 2. The van der Waals surface area contributed by atoms with Crippen molar-refractivity contribution in [1.29, 1.82) is 0 Å². The van der Waals surface area contributed by atoms with Gasteiger partial charge in [0.05, 0.1) is 0 Å². The Morgan fingerprint density at radius 1 is 1.11 bits per heavy atom. The Balaban J connectivity index is 1.84. The zero-order valence-electron chi connectivity index (χ0n) is 15.1. The first-order valence-corrected chi connectivity index (χ1v) is 9.00. The van der Waals surface area contributed by atoms with Crippen molar-refractivity contribution in [2.24, 2.45) is 0 Å². The molecule has 3 rings (SSSR count). The number of rotatable bonds is 5. The zero-order chi connectivity index (χ0) is 19.6. The van der Waals surface area contributed by atoms with E-state index in [9.17, 15) is 14.4 Å². The van der Waals surface area contributed by atoms with Crippen molar-refractivity contribution < 1.29 is 14.4 Å². The molecule has 1 N–H and O–H groups in total. The fourth-order valence-corrected chi connectivity index (χ4v) is 3.55. The molecule has 0 aromatic heterocycles. The van der Waals surface area contributed by atoms with Gasteiger partial charge in [0.1, 0.15) is 12.1 Å². The Morgan fingerprint density at radius 2 is 1.74 bits per heavy atom. The van der Waals surface area contributed by atoms with E-state index in [-0.39, 0.29) is 12.5 Å². The van der Waals surface area contributed by atoms with Crippen molar-refractivity contribution in [3.8, 4) is 0 Å². The maximum atomic E-state index is 13.0. The number of hydrogen-bond donors (Lipinski definition) is 1. The van der Waals surface area contributed by atoms with E-state index in [1.165, 1.54) is 4.90 Å². The quantitative estimate of drug-likeness (QED) is 0.804. The molecular weight excluding hydrogens is 366 g/mol. The van der Waals surface area contributed by atoms with Crippen molar-refractivity contribution in [3.05, 3.63) is 65.2 Å². The van der Waals surface area contributed by atoms with Crippen LogP contribution < -0.4 is 10.2 Å². The number of urea groups is 1. The number of carbonyl (C=O) groups is 3. The standard InChI is InChI=1S/C20H20ClN3O3/c1-3-23(14-9-5-4-6-10-14)17(25)13-24-18(26)20(2,22-19(24)27)15-11-7-8-12-16(15)21/h4-12H,3,13H2,1-2H3,(H,22,27)/t20-/m1/s1. The molecule has 2 aromatic rings. The summed E-state index contributed by atoms with van der Waals surface area (Å²) < 4.78 is 0. The van der Waals surface area contributed by atoms with Crippen molar-refractivity contribution in [3.63, 3.8) is 0 Å². The maximum Gasteiger partial charge on any atom is 0.325 e. The van der Waals surface area contributed by atoms with Crippen LogP contribution in [0.4, 0.5) is 10.5 Å². The number of benzene rings is 2. The first kappa shape index (κ1) is 18.9. The lowest BCUT2D eigenvalue weighted by Gasteiger charge is -2.25. The van der Waals surface area contributed by atoms with Gasteiger partial charge in [-0.1, -0.05) is 48.0 Å². The van der Waals surface area contributed by atoms with Gasteiger partial charge >= 0.3 is 6.03 Å². The topological polar surface area (TPSA) is 69.7 Å². The summed E-state index contributed by atoms with van der Waals surface area (Å²) in [7, 11) is 0. The summed E-state index contributed by atoms with van der Waals surface area (Å²) in [5, 5.41) is 3.05. The number of para-hydroxylation sites is 1. The molecule has 1 aliphatic rings. The summed E-state index contributed by atoms with van der Waals surface area (Å²) in [6, 6.07) is 15.3. The smallest absolute Gasteiger partial charge is 0.319 e. The molecule has 1 aliphatic heterocycles. The lowest BCUT2D eigenvalue weighted by atomic mass is 9.92. The van der Waals surface area contributed by atoms with Crippen molar-refractivity contribution >= 4 is 35.1 Å². The average Bonchev–Trinajstić information content (AvgIpc) is 2.87. The van der Waals surface area contributed by atoms with Crippen LogP contribution in [0.2, 0.25) is 5.02 Å². The van der Waals surface area contributed by atoms with Gasteiger partial charge in [-0.2, -0.15) is 0 Å². The normalized spacial score (nSPS) is 19.1. The summed E-state index contributed by atoms with van der Waals surface area (Å²) in [4.78, 5) is 40.7. The van der Waals surface area contributed by atoms with E-state index in [4.69, 9.17) is 11.6 Å². The highest BCUT2D eigenvalue weighted by atomic mass is 35.5. The summed E-state index contributed by atoms with van der Waals surface area (Å²) >= 11 is 6.22. The second kappa shape index (κ2) is 7.40. The molecule has 0 unspecified atom stereocenters. The monoisotopic (exact) mass is 385 g/mol. The highest BCUT2D eigenvalue weighted by Crippen LogP contribution is 2.33. The average molecular weight is 386 g/mol. The minimum atomic E-state index is -1.31. The first-order valence-electron chi connectivity index (χ1n) is 8.63. The Kier molecular flexibility index (Phi) is 5.19. The molecule has 0 aliphatic carbocycles. The van der Waals surface area contributed by atoms with Crippen molar-refractivity contribution in [2.75, 3.05) is 18.0 Å². The number of hydrogen-bond acceptors (Lipinski definition) is 3. The van der Waals surface area contributed by atoms with Crippen molar-refractivity contribution in [2.45, 2.75) is 19.4 Å². The van der Waals surface area contributed by atoms with Crippen LogP contribution in [0.3, 0.4) is 0 Å². The first-order chi connectivity index (χ1) is 12.9. The molecule has 1 heterocycles. The second-order valence-corrected chi connectivity index (χ2v) is 6.81. The van der Waals surface area contributed by atoms with E-state index in [1.807, 2.05) is 25.1 Å². The van der Waals surface area contributed by atoms with Crippen LogP contribution in [0.25, 0.3) is 0 Å². The third kappa shape index (κ3) is 3.40. The Labute approximate surface area is 162 Å². The maximum absolute atomic E-state index is 13.0. The summed E-state index contributed by atoms with van der Waals surface area (Å²) in [6.45, 7) is 3.51. The van der Waals surface area contributed by atoms with Gasteiger partial charge in [0.2, 0.25) is 5.91 Å². The lowest BCUT2D eigenvalue weighted by molar-refractivity contribution is -0.134. The molecule has 2 aromatic carbocycles. The predicted octanol–water partition coefficient (Wildman–Crippen LogP) is 3.16. The fraction of sp³-hybridized carbons (Fsp3) is 0.250. The van der Waals surface area contributed by atoms with E-state index in [0.29, 0.717) is 22.8 Å². The van der Waals surface area contributed by atoms with Gasteiger partial charge in [0.15, 0.2) is 0 Å². The van der Waals surface area contributed by atoms with Crippen LogP contribution >= 0.6 is 11.6 Å². The predicted molar refractivity (Wildman–Crippen MR) is 104 cm³/mol. The SMILES string of the molecule is CCN(C(=O)CN1C(=O)N[C@](C)(c2ccccc2Cl)C1=O)c1ccccc1. The Hall–Kier alpha value is -2.86. The zero-order valence-corrected chi connectivity index (χ0v) is 15.9. The van der Waals surface area contributed by atoms with E-state index in [1.54, 1.807) is 43.3 Å². The number of imide groups is 1. The lowest BCUT2D eigenvalue weighted by Crippen LogP contribution is -2.44. The van der Waals surface area contributed by atoms with Gasteiger partial charge in [0, 0.05) is 22.8 Å². The van der Waals surface area contributed by atoms with E-state index >= 15 is 0 Å². The third-order valence-corrected chi connectivity index (χ3v) is 5.00. The van der Waals surface area contributed by atoms with Gasteiger partial charge in [-0.05, 0) is 32.0 Å². The number of likely N-dealkylation sites (N-methyl/N-ethyl adjacent to an activating group) is 1. The minimum Gasteiger partial charge on any atom is -0.319 e. The molecule has 0 radical (unpaired) electrons. The van der Waals surface area contributed by atoms with Gasteiger partial charge in [-0.25, -0.2) is 4.79 Å². The molecule has 7 heteroatoms.